The highest BCUT2D eigenvalue weighted by atomic mass is 16.5. The molecule has 7 heteroatoms. The number of morpholine rings is 1. The number of aromatic nitrogens is 2. The second kappa shape index (κ2) is 7.27. The van der Waals surface area contributed by atoms with Gasteiger partial charge >= 0.3 is 5.97 Å². The van der Waals surface area contributed by atoms with Crippen LogP contribution in [0.1, 0.15) is 16.2 Å². The van der Waals surface area contributed by atoms with Crippen LogP contribution in [0.15, 0.2) is 30.3 Å². The van der Waals surface area contributed by atoms with Crippen LogP contribution in [0.5, 0.6) is 0 Å². The number of esters is 1. The summed E-state index contributed by atoms with van der Waals surface area (Å²) in [4.78, 5) is 22.6. The van der Waals surface area contributed by atoms with Gasteiger partial charge in [0.2, 0.25) is 0 Å². The Morgan fingerprint density at radius 2 is 1.92 bits per heavy atom. The lowest BCUT2D eigenvalue weighted by atomic mass is 10.2. The molecule has 0 spiro atoms. The largest absolute Gasteiger partial charge is 0.465 e. The van der Waals surface area contributed by atoms with Gasteiger partial charge in [0, 0.05) is 24.8 Å². The lowest BCUT2D eigenvalue weighted by Crippen LogP contribution is -2.36. The van der Waals surface area contributed by atoms with Crippen LogP contribution < -0.4 is 10.2 Å². The first-order valence-corrected chi connectivity index (χ1v) is 7.79. The Balaban J connectivity index is 1.77. The van der Waals surface area contributed by atoms with E-state index in [9.17, 15) is 4.79 Å². The number of benzene rings is 1. The van der Waals surface area contributed by atoms with Crippen molar-refractivity contribution in [2.24, 2.45) is 0 Å². The van der Waals surface area contributed by atoms with Crippen LogP contribution in [0.3, 0.4) is 0 Å². The number of anilines is 3. The third kappa shape index (κ3) is 3.80. The van der Waals surface area contributed by atoms with Crippen molar-refractivity contribution in [3.8, 4) is 0 Å². The van der Waals surface area contributed by atoms with Gasteiger partial charge in [-0.3, -0.25) is 0 Å². The Hall–Kier alpha value is -2.67. The quantitative estimate of drug-likeness (QED) is 0.862. The lowest BCUT2D eigenvalue weighted by Gasteiger charge is -2.28. The molecule has 2 heterocycles. The van der Waals surface area contributed by atoms with Crippen LogP contribution in [0.25, 0.3) is 0 Å². The van der Waals surface area contributed by atoms with Crippen molar-refractivity contribution in [1.82, 2.24) is 9.97 Å². The molecule has 24 heavy (non-hydrogen) atoms. The van der Waals surface area contributed by atoms with Crippen molar-refractivity contribution < 1.29 is 14.3 Å². The normalized spacial score (nSPS) is 14.3. The number of nitrogens with one attached hydrogen (secondary N) is 1. The highest BCUT2D eigenvalue weighted by Gasteiger charge is 2.14. The molecule has 1 saturated heterocycles. The fourth-order valence-corrected chi connectivity index (χ4v) is 2.53. The molecule has 0 radical (unpaired) electrons. The standard InChI is InChI=1S/C17H20N4O3/c1-12-18-15(11-16(19-12)21-7-9-24-10-8-21)20-14-5-3-13(4-6-14)17(22)23-2/h3-6,11H,7-10H2,1-2H3,(H,18,19,20). The fraction of sp³-hybridized carbons (Fsp3) is 0.353. The zero-order valence-electron chi connectivity index (χ0n) is 13.8. The molecule has 1 aromatic heterocycles. The number of aryl methyl sites for hydroxylation is 1. The van der Waals surface area contributed by atoms with E-state index in [0.717, 1.165) is 30.4 Å². The Morgan fingerprint density at radius 3 is 2.58 bits per heavy atom. The average Bonchev–Trinajstić information content (AvgIpc) is 2.62. The van der Waals surface area contributed by atoms with Gasteiger partial charge in [0.05, 0.1) is 25.9 Å². The third-order valence-corrected chi connectivity index (χ3v) is 3.74. The van der Waals surface area contributed by atoms with Crippen molar-refractivity contribution in [2.75, 3.05) is 43.6 Å². The number of nitrogens with zero attached hydrogens (tertiary/aromatic N) is 3. The molecule has 0 aliphatic carbocycles. The molecule has 0 amide bonds. The van der Waals surface area contributed by atoms with Gasteiger partial charge in [-0.05, 0) is 31.2 Å². The predicted molar refractivity (Wildman–Crippen MR) is 90.9 cm³/mol. The summed E-state index contributed by atoms with van der Waals surface area (Å²) in [5, 5.41) is 3.25. The zero-order chi connectivity index (χ0) is 16.9. The van der Waals surface area contributed by atoms with E-state index < -0.39 is 0 Å². The molecule has 0 atom stereocenters. The first-order valence-electron chi connectivity index (χ1n) is 7.79. The van der Waals surface area contributed by atoms with Crippen LogP contribution in [0, 0.1) is 6.92 Å². The maximum Gasteiger partial charge on any atom is 0.337 e. The summed E-state index contributed by atoms with van der Waals surface area (Å²) >= 11 is 0. The first kappa shape index (κ1) is 16.2. The van der Waals surface area contributed by atoms with Crippen LogP contribution in [0.2, 0.25) is 0 Å². The number of methoxy groups -OCH3 is 1. The number of hydrogen-bond acceptors (Lipinski definition) is 7. The maximum absolute atomic E-state index is 11.5. The van der Waals surface area contributed by atoms with Gasteiger partial charge < -0.3 is 19.7 Å². The molecule has 1 aliphatic heterocycles. The minimum Gasteiger partial charge on any atom is -0.465 e. The van der Waals surface area contributed by atoms with Gasteiger partial charge in [0.1, 0.15) is 17.5 Å². The maximum atomic E-state index is 11.5. The molecule has 0 bridgehead atoms. The van der Waals surface area contributed by atoms with Crippen molar-refractivity contribution in [2.45, 2.75) is 6.92 Å². The highest BCUT2D eigenvalue weighted by Crippen LogP contribution is 2.21. The van der Waals surface area contributed by atoms with Gasteiger partial charge in [-0.2, -0.15) is 0 Å². The summed E-state index contributed by atoms with van der Waals surface area (Å²) in [5.74, 6) is 1.95. The minimum atomic E-state index is -0.353. The topological polar surface area (TPSA) is 76.6 Å². The van der Waals surface area contributed by atoms with Crippen molar-refractivity contribution in [1.29, 1.82) is 0 Å². The molecular formula is C17H20N4O3. The van der Waals surface area contributed by atoms with Crippen LogP contribution in [0.4, 0.5) is 17.3 Å². The number of rotatable bonds is 4. The number of ether oxygens (including phenoxy) is 2. The smallest absolute Gasteiger partial charge is 0.337 e. The molecule has 1 fully saturated rings. The molecule has 0 unspecified atom stereocenters. The van der Waals surface area contributed by atoms with E-state index in [2.05, 4.69) is 20.2 Å². The second-order valence-electron chi connectivity index (χ2n) is 5.45. The molecule has 1 aromatic carbocycles. The van der Waals surface area contributed by atoms with Crippen molar-refractivity contribution in [3.05, 3.63) is 41.7 Å². The second-order valence-corrected chi connectivity index (χ2v) is 5.45. The SMILES string of the molecule is COC(=O)c1ccc(Nc2cc(N3CCOCC3)nc(C)n2)cc1. The summed E-state index contributed by atoms with van der Waals surface area (Å²) in [7, 11) is 1.37. The van der Waals surface area contributed by atoms with Gasteiger partial charge in [0.15, 0.2) is 0 Å². The van der Waals surface area contributed by atoms with E-state index in [1.54, 1.807) is 12.1 Å². The number of carbonyl (C=O) groups excluding carboxylic acids is 1. The summed E-state index contributed by atoms with van der Waals surface area (Å²) < 4.78 is 10.1. The van der Waals surface area contributed by atoms with Gasteiger partial charge in [-0.1, -0.05) is 0 Å². The summed E-state index contributed by atoms with van der Waals surface area (Å²) in [6.45, 7) is 4.94. The summed E-state index contributed by atoms with van der Waals surface area (Å²) in [6.07, 6.45) is 0. The van der Waals surface area contributed by atoms with Crippen molar-refractivity contribution >= 4 is 23.3 Å². The van der Waals surface area contributed by atoms with E-state index >= 15 is 0 Å². The number of carbonyl (C=O) groups is 1. The van der Waals surface area contributed by atoms with Crippen molar-refractivity contribution in [3.63, 3.8) is 0 Å². The van der Waals surface area contributed by atoms with Gasteiger partial charge in [-0.15, -0.1) is 0 Å². The van der Waals surface area contributed by atoms with E-state index in [1.165, 1.54) is 7.11 Å². The van der Waals surface area contributed by atoms with E-state index in [-0.39, 0.29) is 5.97 Å². The molecule has 1 N–H and O–H groups in total. The molecule has 2 aromatic rings. The Labute approximate surface area is 140 Å². The summed E-state index contributed by atoms with van der Waals surface area (Å²) in [5.41, 5.74) is 1.35. The molecular weight excluding hydrogens is 308 g/mol. The van der Waals surface area contributed by atoms with E-state index in [4.69, 9.17) is 9.47 Å². The first-order chi connectivity index (χ1) is 11.7. The summed E-state index contributed by atoms with van der Waals surface area (Å²) in [6, 6.07) is 8.99. The highest BCUT2D eigenvalue weighted by molar-refractivity contribution is 5.89. The lowest BCUT2D eigenvalue weighted by molar-refractivity contribution is 0.0601. The van der Waals surface area contributed by atoms with E-state index in [1.807, 2.05) is 25.1 Å². The van der Waals surface area contributed by atoms with Gasteiger partial charge in [0.25, 0.3) is 0 Å². The molecule has 126 valence electrons. The molecule has 3 rings (SSSR count). The average molecular weight is 328 g/mol. The van der Waals surface area contributed by atoms with Crippen LogP contribution >= 0.6 is 0 Å². The number of hydrogen-bond donors (Lipinski definition) is 1. The van der Waals surface area contributed by atoms with Crippen LogP contribution in [-0.2, 0) is 9.47 Å². The monoisotopic (exact) mass is 328 g/mol. The fourth-order valence-electron chi connectivity index (χ4n) is 2.53. The van der Waals surface area contributed by atoms with Gasteiger partial charge in [-0.25, -0.2) is 14.8 Å². The minimum absolute atomic E-state index is 0.353. The molecule has 0 saturated carbocycles. The third-order valence-electron chi connectivity index (χ3n) is 3.74. The Kier molecular flexibility index (Phi) is 4.90. The Bertz CT molecular complexity index is 712. The molecule has 1 aliphatic rings. The zero-order valence-corrected chi connectivity index (χ0v) is 13.8. The predicted octanol–water partition coefficient (Wildman–Crippen LogP) is 2.15. The molecule has 7 nitrogen and oxygen atoms in total. The Morgan fingerprint density at radius 1 is 1.21 bits per heavy atom. The van der Waals surface area contributed by atoms with Crippen LogP contribution in [-0.4, -0.2) is 49.4 Å². The van der Waals surface area contributed by atoms with E-state index in [0.29, 0.717) is 24.6 Å².